The van der Waals surface area contributed by atoms with Crippen molar-refractivity contribution >= 4 is 5.95 Å². The quantitative estimate of drug-likeness (QED) is 0.792. The number of hydrogen-bond acceptors (Lipinski definition) is 4. The van der Waals surface area contributed by atoms with Crippen LogP contribution in [0.1, 0.15) is 26.2 Å². The number of ether oxygens (including phenoxy) is 1. The topological polar surface area (TPSA) is 47.0 Å². The van der Waals surface area contributed by atoms with Gasteiger partial charge in [0.1, 0.15) is 6.10 Å². The van der Waals surface area contributed by atoms with E-state index >= 15 is 0 Å². The Balaban J connectivity index is 1.97. The number of aromatic nitrogens is 2. The average molecular weight is 193 g/mol. The summed E-state index contributed by atoms with van der Waals surface area (Å²) in [4.78, 5) is 8.32. The molecule has 1 aliphatic rings. The Morgan fingerprint density at radius 1 is 1.57 bits per heavy atom. The zero-order valence-corrected chi connectivity index (χ0v) is 8.36. The highest BCUT2D eigenvalue weighted by Gasteiger charge is 2.19. The van der Waals surface area contributed by atoms with Crippen molar-refractivity contribution in [2.75, 3.05) is 11.9 Å². The Morgan fingerprint density at radius 3 is 3.07 bits per heavy atom. The maximum absolute atomic E-state index is 5.65. The highest BCUT2D eigenvalue weighted by Crippen LogP contribution is 2.23. The third-order valence-corrected chi connectivity index (χ3v) is 2.30. The summed E-state index contributed by atoms with van der Waals surface area (Å²) in [5.41, 5.74) is 0. The first-order valence-electron chi connectivity index (χ1n) is 5.12. The molecule has 0 aliphatic heterocycles. The maximum atomic E-state index is 5.65. The Kier molecular flexibility index (Phi) is 2.81. The van der Waals surface area contributed by atoms with Crippen LogP contribution in [0.5, 0.6) is 5.88 Å². The molecule has 1 aromatic heterocycles. The van der Waals surface area contributed by atoms with Crippen LogP contribution in [-0.2, 0) is 0 Å². The van der Waals surface area contributed by atoms with E-state index in [0.29, 0.717) is 17.9 Å². The van der Waals surface area contributed by atoms with Crippen LogP contribution in [0.15, 0.2) is 12.3 Å². The fraction of sp³-hybridized carbons (Fsp3) is 0.600. The van der Waals surface area contributed by atoms with Crippen LogP contribution in [0.3, 0.4) is 0 Å². The Labute approximate surface area is 83.7 Å². The first-order chi connectivity index (χ1) is 6.88. The van der Waals surface area contributed by atoms with Gasteiger partial charge >= 0.3 is 0 Å². The standard InChI is InChI=1S/C10H15N3O/c1-2-11-10-12-7-6-9(13-10)14-8-4-3-5-8/h6-8H,2-5H2,1H3,(H,11,12,13). The largest absolute Gasteiger partial charge is 0.474 e. The van der Waals surface area contributed by atoms with E-state index in [2.05, 4.69) is 15.3 Å². The monoisotopic (exact) mass is 193 g/mol. The van der Waals surface area contributed by atoms with Gasteiger partial charge in [0, 0.05) is 18.8 Å². The molecule has 1 aliphatic carbocycles. The molecule has 0 unspecified atom stereocenters. The molecule has 1 aromatic rings. The van der Waals surface area contributed by atoms with Crippen LogP contribution in [0.2, 0.25) is 0 Å². The minimum absolute atomic E-state index is 0.374. The normalized spacial score (nSPS) is 16.1. The smallest absolute Gasteiger partial charge is 0.225 e. The molecular formula is C10H15N3O. The molecule has 0 aromatic carbocycles. The fourth-order valence-electron chi connectivity index (χ4n) is 1.31. The molecule has 0 bridgehead atoms. The summed E-state index contributed by atoms with van der Waals surface area (Å²) in [6, 6.07) is 1.80. The molecule has 4 heteroatoms. The van der Waals surface area contributed by atoms with E-state index in [9.17, 15) is 0 Å². The van der Waals surface area contributed by atoms with Crippen molar-refractivity contribution in [1.29, 1.82) is 0 Å². The Hall–Kier alpha value is -1.32. The summed E-state index contributed by atoms with van der Waals surface area (Å²) >= 11 is 0. The molecule has 2 rings (SSSR count). The second-order valence-corrected chi connectivity index (χ2v) is 3.42. The number of nitrogens with one attached hydrogen (secondary N) is 1. The minimum atomic E-state index is 0.374. The predicted molar refractivity (Wildman–Crippen MR) is 54.5 cm³/mol. The predicted octanol–water partition coefficient (Wildman–Crippen LogP) is 1.84. The minimum Gasteiger partial charge on any atom is -0.474 e. The molecule has 0 atom stereocenters. The van der Waals surface area contributed by atoms with Crippen LogP contribution in [-0.4, -0.2) is 22.6 Å². The van der Waals surface area contributed by atoms with Crippen molar-refractivity contribution in [2.24, 2.45) is 0 Å². The molecule has 1 saturated carbocycles. The maximum Gasteiger partial charge on any atom is 0.225 e. The zero-order valence-electron chi connectivity index (χ0n) is 8.36. The van der Waals surface area contributed by atoms with E-state index in [0.717, 1.165) is 19.4 Å². The molecule has 0 saturated heterocycles. The van der Waals surface area contributed by atoms with Gasteiger partial charge in [-0.2, -0.15) is 4.98 Å². The molecule has 0 spiro atoms. The second-order valence-electron chi connectivity index (χ2n) is 3.42. The van der Waals surface area contributed by atoms with Gasteiger partial charge in [-0.3, -0.25) is 0 Å². The van der Waals surface area contributed by atoms with Gasteiger partial charge in [0.15, 0.2) is 0 Å². The SMILES string of the molecule is CCNc1nccc(OC2CCC2)n1. The van der Waals surface area contributed by atoms with Gasteiger partial charge in [0.05, 0.1) is 0 Å². The average Bonchev–Trinajstić information content (AvgIpc) is 2.13. The third kappa shape index (κ3) is 2.13. The molecule has 1 N–H and O–H groups in total. The van der Waals surface area contributed by atoms with Crippen molar-refractivity contribution in [3.8, 4) is 5.88 Å². The van der Waals surface area contributed by atoms with Crippen molar-refractivity contribution in [1.82, 2.24) is 9.97 Å². The van der Waals surface area contributed by atoms with E-state index in [4.69, 9.17) is 4.74 Å². The van der Waals surface area contributed by atoms with Crippen molar-refractivity contribution in [3.63, 3.8) is 0 Å². The molecule has 4 nitrogen and oxygen atoms in total. The Morgan fingerprint density at radius 2 is 2.43 bits per heavy atom. The highest BCUT2D eigenvalue weighted by molar-refractivity contribution is 5.27. The van der Waals surface area contributed by atoms with Gasteiger partial charge in [0.2, 0.25) is 11.8 Å². The highest BCUT2D eigenvalue weighted by atomic mass is 16.5. The number of anilines is 1. The van der Waals surface area contributed by atoms with Crippen LogP contribution < -0.4 is 10.1 Å². The molecule has 14 heavy (non-hydrogen) atoms. The van der Waals surface area contributed by atoms with E-state index in [-0.39, 0.29) is 0 Å². The molecule has 76 valence electrons. The van der Waals surface area contributed by atoms with E-state index < -0.39 is 0 Å². The van der Waals surface area contributed by atoms with Crippen LogP contribution in [0.25, 0.3) is 0 Å². The first kappa shape index (κ1) is 9.24. The van der Waals surface area contributed by atoms with Crippen molar-refractivity contribution < 1.29 is 4.74 Å². The van der Waals surface area contributed by atoms with Gasteiger partial charge in [0.25, 0.3) is 0 Å². The van der Waals surface area contributed by atoms with E-state index in [1.54, 1.807) is 12.3 Å². The summed E-state index contributed by atoms with van der Waals surface area (Å²) in [5, 5.41) is 3.05. The Bertz CT molecular complexity index is 299. The van der Waals surface area contributed by atoms with Gasteiger partial charge in [-0.1, -0.05) is 0 Å². The van der Waals surface area contributed by atoms with E-state index in [1.807, 2.05) is 6.92 Å². The van der Waals surface area contributed by atoms with Crippen LogP contribution in [0.4, 0.5) is 5.95 Å². The first-order valence-corrected chi connectivity index (χ1v) is 5.12. The summed E-state index contributed by atoms with van der Waals surface area (Å²) in [6.07, 6.45) is 5.68. The van der Waals surface area contributed by atoms with Crippen LogP contribution in [0, 0.1) is 0 Å². The lowest BCUT2D eigenvalue weighted by Crippen LogP contribution is -2.25. The summed E-state index contributed by atoms with van der Waals surface area (Å²) in [6.45, 7) is 2.84. The molecule has 0 amide bonds. The zero-order chi connectivity index (χ0) is 9.80. The number of nitrogens with zero attached hydrogens (tertiary/aromatic N) is 2. The van der Waals surface area contributed by atoms with Gasteiger partial charge in [-0.25, -0.2) is 4.98 Å². The van der Waals surface area contributed by atoms with Crippen molar-refractivity contribution in [3.05, 3.63) is 12.3 Å². The fourth-order valence-corrected chi connectivity index (χ4v) is 1.31. The van der Waals surface area contributed by atoms with Gasteiger partial charge in [-0.05, 0) is 26.2 Å². The summed E-state index contributed by atoms with van der Waals surface area (Å²) < 4.78 is 5.65. The molecule has 0 radical (unpaired) electrons. The van der Waals surface area contributed by atoms with Gasteiger partial charge < -0.3 is 10.1 Å². The van der Waals surface area contributed by atoms with Crippen LogP contribution >= 0.6 is 0 Å². The third-order valence-electron chi connectivity index (χ3n) is 2.30. The molecule has 1 fully saturated rings. The molecule has 1 heterocycles. The lowest BCUT2D eigenvalue weighted by Gasteiger charge is -2.25. The summed E-state index contributed by atoms with van der Waals surface area (Å²) in [7, 11) is 0. The molecular weight excluding hydrogens is 178 g/mol. The lowest BCUT2D eigenvalue weighted by molar-refractivity contribution is 0.114. The van der Waals surface area contributed by atoms with E-state index in [1.165, 1.54) is 6.42 Å². The second kappa shape index (κ2) is 4.26. The number of rotatable bonds is 4. The lowest BCUT2D eigenvalue weighted by atomic mass is 9.96. The summed E-state index contributed by atoms with van der Waals surface area (Å²) in [5.74, 6) is 1.32. The van der Waals surface area contributed by atoms with Crippen molar-refractivity contribution in [2.45, 2.75) is 32.3 Å². The van der Waals surface area contributed by atoms with Gasteiger partial charge in [-0.15, -0.1) is 0 Å². The number of hydrogen-bond donors (Lipinski definition) is 1.